The van der Waals surface area contributed by atoms with Crippen LogP contribution in [0.15, 0.2) is 12.1 Å². The van der Waals surface area contributed by atoms with Crippen molar-refractivity contribution in [3.05, 3.63) is 23.3 Å². The van der Waals surface area contributed by atoms with Crippen molar-refractivity contribution in [2.45, 2.75) is 27.2 Å². The summed E-state index contributed by atoms with van der Waals surface area (Å²) in [6.45, 7) is 6.02. The molecule has 3 nitrogen and oxygen atoms in total. The molecule has 0 aliphatic heterocycles. The summed E-state index contributed by atoms with van der Waals surface area (Å²) in [6, 6.07) is 3.81. The summed E-state index contributed by atoms with van der Waals surface area (Å²) in [5.74, 6) is 0.853. The van der Waals surface area contributed by atoms with Crippen molar-refractivity contribution < 1.29 is 4.79 Å². The lowest BCUT2D eigenvalue weighted by Crippen LogP contribution is -2.16. The molecule has 1 aromatic carbocycles. The lowest BCUT2D eigenvalue weighted by molar-refractivity contribution is -0.117. The highest BCUT2D eigenvalue weighted by molar-refractivity contribution is 5.96. The van der Waals surface area contributed by atoms with Crippen molar-refractivity contribution in [3.8, 4) is 0 Å². The first-order valence-electron chi connectivity index (χ1n) is 5.67. The number of hydrogen-bond acceptors (Lipinski definition) is 2. The Morgan fingerprint density at radius 1 is 1.44 bits per heavy atom. The number of nitrogens with two attached hydrogens (primary N) is 1. The fourth-order valence-electron chi connectivity index (χ4n) is 1.96. The van der Waals surface area contributed by atoms with Crippen LogP contribution in [0.4, 0.5) is 11.4 Å². The van der Waals surface area contributed by atoms with Gasteiger partial charge in [0.15, 0.2) is 0 Å². The predicted molar refractivity (Wildman–Crippen MR) is 66.2 cm³/mol. The van der Waals surface area contributed by atoms with Gasteiger partial charge in [-0.05, 0) is 43.4 Å². The molecule has 16 heavy (non-hydrogen) atoms. The van der Waals surface area contributed by atoms with Crippen molar-refractivity contribution in [3.63, 3.8) is 0 Å². The van der Waals surface area contributed by atoms with Crippen LogP contribution in [0.2, 0.25) is 0 Å². The smallest absolute Gasteiger partial charge is 0.227 e. The molecule has 0 radical (unpaired) electrons. The van der Waals surface area contributed by atoms with Crippen molar-refractivity contribution >= 4 is 17.3 Å². The van der Waals surface area contributed by atoms with Crippen LogP contribution in [0.25, 0.3) is 0 Å². The van der Waals surface area contributed by atoms with E-state index in [-0.39, 0.29) is 11.8 Å². The van der Waals surface area contributed by atoms with Gasteiger partial charge in [-0.25, -0.2) is 0 Å². The van der Waals surface area contributed by atoms with Gasteiger partial charge in [0, 0.05) is 17.3 Å². The molecule has 0 heterocycles. The average molecular weight is 218 g/mol. The first kappa shape index (κ1) is 11.0. The molecule has 1 aliphatic carbocycles. The number of nitrogen functional groups attached to an aromatic ring is 1. The van der Waals surface area contributed by atoms with E-state index in [2.05, 4.69) is 12.2 Å². The third kappa shape index (κ3) is 1.90. The van der Waals surface area contributed by atoms with E-state index in [4.69, 9.17) is 5.73 Å². The van der Waals surface area contributed by atoms with Gasteiger partial charge in [0.25, 0.3) is 0 Å². The summed E-state index contributed by atoms with van der Waals surface area (Å²) in [7, 11) is 0. The predicted octanol–water partition coefficient (Wildman–Crippen LogP) is 2.48. The van der Waals surface area contributed by atoms with E-state index in [0.29, 0.717) is 5.92 Å². The Balaban J connectivity index is 2.20. The normalized spacial score (nSPS) is 22.9. The lowest BCUT2D eigenvalue weighted by atomic mass is 10.1. The molecular weight excluding hydrogens is 200 g/mol. The fourth-order valence-corrected chi connectivity index (χ4v) is 1.96. The highest BCUT2D eigenvalue weighted by Crippen LogP contribution is 2.39. The highest BCUT2D eigenvalue weighted by atomic mass is 16.2. The zero-order valence-corrected chi connectivity index (χ0v) is 10.0. The number of carbonyl (C=O) groups excluding carboxylic acids is 1. The Hall–Kier alpha value is -1.51. The fraction of sp³-hybridized carbons (Fsp3) is 0.462. The number of aryl methyl sites for hydroxylation is 1. The van der Waals surface area contributed by atoms with Crippen LogP contribution in [0, 0.1) is 25.7 Å². The summed E-state index contributed by atoms with van der Waals surface area (Å²) in [5, 5.41) is 2.99. The first-order valence-corrected chi connectivity index (χ1v) is 5.67. The van der Waals surface area contributed by atoms with Gasteiger partial charge in [-0.1, -0.05) is 13.0 Å². The van der Waals surface area contributed by atoms with Crippen LogP contribution in [0.5, 0.6) is 0 Å². The van der Waals surface area contributed by atoms with E-state index in [0.717, 1.165) is 28.9 Å². The standard InChI is InChI=1S/C13H18N2O/c1-7-4-5-11(14)9(3)12(7)15-13(16)10-6-8(10)2/h4-5,8,10H,6,14H2,1-3H3,(H,15,16). The largest absolute Gasteiger partial charge is 0.398 e. The number of nitrogens with one attached hydrogen (secondary N) is 1. The maximum absolute atomic E-state index is 11.8. The molecule has 0 spiro atoms. The molecular formula is C13H18N2O. The van der Waals surface area contributed by atoms with Gasteiger partial charge >= 0.3 is 0 Å². The lowest BCUT2D eigenvalue weighted by Gasteiger charge is -2.13. The third-order valence-electron chi connectivity index (χ3n) is 3.41. The van der Waals surface area contributed by atoms with Gasteiger partial charge in [-0.15, -0.1) is 0 Å². The number of anilines is 2. The second-order valence-electron chi connectivity index (χ2n) is 4.78. The number of benzene rings is 1. The van der Waals surface area contributed by atoms with Gasteiger partial charge < -0.3 is 11.1 Å². The summed E-state index contributed by atoms with van der Waals surface area (Å²) >= 11 is 0. The molecule has 1 saturated carbocycles. The van der Waals surface area contributed by atoms with Crippen LogP contribution in [0.1, 0.15) is 24.5 Å². The van der Waals surface area contributed by atoms with Gasteiger partial charge in [0.2, 0.25) is 5.91 Å². The Labute approximate surface area is 96.0 Å². The summed E-state index contributed by atoms with van der Waals surface area (Å²) in [4.78, 5) is 11.8. The molecule has 1 aromatic rings. The van der Waals surface area contributed by atoms with E-state index in [1.807, 2.05) is 26.0 Å². The van der Waals surface area contributed by atoms with E-state index in [1.54, 1.807) is 0 Å². The molecule has 3 heteroatoms. The monoisotopic (exact) mass is 218 g/mol. The first-order chi connectivity index (χ1) is 7.50. The number of rotatable bonds is 2. The Morgan fingerprint density at radius 3 is 2.62 bits per heavy atom. The second-order valence-corrected chi connectivity index (χ2v) is 4.78. The molecule has 86 valence electrons. The van der Waals surface area contributed by atoms with Crippen molar-refractivity contribution in [2.75, 3.05) is 11.1 Å². The molecule has 1 amide bonds. The van der Waals surface area contributed by atoms with Crippen molar-refractivity contribution in [1.29, 1.82) is 0 Å². The molecule has 3 N–H and O–H groups in total. The molecule has 2 rings (SSSR count). The Morgan fingerprint density at radius 2 is 2.06 bits per heavy atom. The minimum absolute atomic E-state index is 0.129. The topological polar surface area (TPSA) is 55.1 Å². The number of amides is 1. The Bertz CT molecular complexity index is 440. The van der Waals surface area contributed by atoms with Crippen LogP contribution >= 0.6 is 0 Å². The van der Waals surface area contributed by atoms with Gasteiger partial charge in [0.05, 0.1) is 0 Å². The number of hydrogen-bond donors (Lipinski definition) is 2. The molecule has 1 aliphatic rings. The maximum atomic E-state index is 11.8. The van der Waals surface area contributed by atoms with Crippen LogP contribution in [-0.4, -0.2) is 5.91 Å². The SMILES string of the molecule is Cc1ccc(N)c(C)c1NC(=O)C1CC1C. The molecule has 2 atom stereocenters. The molecule has 0 saturated heterocycles. The average Bonchev–Trinajstić information content (AvgIpc) is 2.96. The van der Waals surface area contributed by atoms with E-state index < -0.39 is 0 Å². The zero-order chi connectivity index (χ0) is 11.9. The van der Waals surface area contributed by atoms with Gasteiger partial charge in [0.1, 0.15) is 0 Å². The second kappa shape index (κ2) is 3.81. The molecule has 0 aromatic heterocycles. The quantitative estimate of drug-likeness (QED) is 0.749. The van der Waals surface area contributed by atoms with E-state index in [9.17, 15) is 4.79 Å². The van der Waals surface area contributed by atoms with E-state index in [1.165, 1.54) is 0 Å². The van der Waals surface area contributed by atoms with Crippen molar-refractivity contribution in [2.24, 2.45) is 11.8 Å². The van der Waals surface area contributed by atoms with Crippen molar-refractivity contribution in [1.82, 2.24) is 0 Å². The van der Waals surface area contributed by atoms with Crippen LogP contribution < -0.4 is 11.1 Å². The minimum atomic E-state index is 0.129. The van der Waals surface area contributed by atoms with Crippen LogP contribution in [-0.2, 0) is 4.79 Å². The molecule has 2 unspecified atom stereocenters. The van der Waals surface area contributed by atoms with Gasteiger partial charge in [-0.2, -0.15) is 0 Å². The molecule has 0 bridgehead atoms. The van der Waals surface area contributed by atoms with Crippen LogP contribution in [0.3, 0.4) is 0 Å². The number of carbonyl (C=O) groups is 1. The molecule has 1 fully saturated rings. The third-order valence-corrected chi connectivity index (χ3v) is 3.41. The Kier molecular flexibility index (Phi) is 2.62. The summed E-state index contributed by atoms with van der Waals surface area (Å²) in [6.07, 6.45) is 1.01. The van der Waals surface area contributed by atoms with E-state index >= 15 is 0 Å². The highest BCUT2D eigenvalue weighted by Gasteiger charge is 2.39. The van der Waals surface area contributed by atoms with Gasteiger partial charge in [-0.3, -0.25) is 4.79 Å². The summed E-state index contributed by atoms with van der Waals surface area (Å²) < 4.78 is 0. The minimum Gasteiger partial charge on any atom is -0.398 e. The maximum Gasteiger partial charge on any atom is 0.227 e. The summed E-state index contributed by atoms with van der Waals surface area (Å²) in [5.41, 5.74) is 9.46. The zero-order valence-electron chi connectivity index (χ0n) is 10.0.